The lowest BCUT2D eigenvalue weighted by Gasteiger charge is -2.19. The summed E-state index contributed by atoms with van der Waals surface area (Å²) in [6.07, 6.45) is 7.76. The zero-order chi connectivity index (χ0) is 6.74. The molecule has 1 rings (SSSR count). The molecule has 1 heteroatoms. The van der Waals surface area contributed by atoms with Gasteiger partial charge < -0.3 is 5.11 Å². The molecular formula is C8H14O. The van der Waals surface area contributed by atoms with Crippen molar-refractivity contribution >= 4 is 0 Å². The van der Waals surface area contributed by atoms with Crippen LogP contribution in [0, 0.1) is 5.41 Å². The molecule has 0 heterocycles. The van der Waals surface area contributed by atoms with E-state index in [0.29, 0.717) is 12.0 Å². The molecule has 0 spiro atoms. The molecule has 0 aromatic rings. The first-order valence-corrected chi connectivity index (χ1v) is 3.55. The van der Waals surface area contributed by atoms with Gasteiger partial charge in [0.15, 0.2) is 0 Å². The average Bonchev–Trinajstić information content (AvgIpc) is 2.16. The van der Waals surface area contributed by atoms with Gasteiger partial charge in [0.25, 0.3) is 0 Å². The number of allylic oxidation sites excluding steroid dienone is 2. The van der Waals surface area contributed by atoms with Gasteiger partial charge in [-0.05, 0) is 24.7 Å². The summed E-state index contributed by atoms with van der Waals surface area (Å²) in [6, 6.07) is 0. The average molecular weight is 126 g/mol. The van der Waals surface area contributed by atoms with Crippen LogP contribution >= 0.6 is 0 Å². The molecule has 52 valence electrons. The monoisotopic (exact) mass is 126 g/mol. The second-order valence-corrected chi connectivity index (χ2v) is 3.07. The van der Waals surface area contributed by atoms with Gasteiger partial charge in [-0.1, -0.05) is 19.1 Å². The summed E-state index contributed by atoms with van der Waals surface area (Å²) in [6.45, 7) is 2.52. The van der Waals surface area contributed by atoms with Gasteiger partial charge in [-0.3, -0.25) is 0 Å². The van der Waals surface area contributed by atoms with E-state index in [4.69, 9.17) is 5.11 Å². The van der Waals surface area contributed by atoms with Gasteiger partial charge in [-0.2, -0.15) is 0 Å². The van der Waals surface area contributed by atoms with Gasteiger partial charge in [0.1, 0.15) is 0 Å². The largest absolute Gasteiger partial charge is 0.396 e. The molecule has 1 atom stereocenters. The molecule has 0 fully saturated rings. The minimum atomic E-state index is 0.314. The number of hydrogen-bond donors (Lipinski definition) is 1. The molecule has 1 aliphatic carbocycles. The van der Waals surface area contributed by atoms with Gasteiger partial charge in [-0.15, -0.1) is 0 Å². The van der Waals surface area contributed by atoms with E-state index in [1.54, 1.807) is 0 Å². The Morgan fingerprint density at radius 3 is 2.89 bits per heavy atom. The van der Waals surface area contributed by atoms with Gasteiger partial charge in [0.05, 0.1) is 0 Å². The molecule has 0 saturated carbocycles. The highest BCUT2D eigenvalue weighted by Gasteiger charge is 2.22. The van der Waals surface area contributed by atoms with E-state index >= 15 is 0 Å². The SMILES string of the molecule is C[C@]1(CCO)C=CCC1. The van der Waals surface area contributed by atoms with Crippen LogP contribution in [0.4, 0.5) is 0 Å². The standard InChI is InChI=1S/C8H14O/c1-8(6-7-9)4-2-3-5-8/h2,4,9H,3,5-7H2,1H3/t8-/m0/s1. The van der Waals surface area contributed by atoms with E-state index in [1.165, 1.54) is 12.8 Å². The Kier molecular flexibility index (Phi) is 1.91. The third-order valence-corrected chi connectivity index (χ3v) is 2.09. The number of hydrogen-bond acceptors (Lipinski definition) is 1. The molecule has 0 aromatic carbocycles. The Bertz CT molecular complexity index is 118. The predicted octanol–water partition coefficient (Wildman–Crippen LogP) is 1.73. The zero-order valence-corrected chi connectivity index (χ0v) is 5.93. The normalized spacial score (nSPS) is 33.6. The highest BCUT2D eigenvalue weighted by atomic mass is 16.3. The topological polar surface area (TPSA) is 20.2 Å². The van der Waals surface area contributed by atoms with E-state index < -0.39 is 0 Å². The third kappa shape index (κ3) is 1.55. The van der Waals surface area contributed by atoms with E-state index in [1.807, 2.05) is 0 Å². The summed E-state index contributed by atoms with van der Waals surface area (Å²) in [5, 5.41) is 8.66. The van der Waals surface area contributed by atoms with Crippen LogP contribution in [0.25, 0.3) is 0 Å². The quantitative estimate of drug-likeness (QED) is 0.558. The molecule has 0 aliphatic heterocycles. The first-order chi connectivity index (χ1) is 4.27. The van der Waals surface area contributed by atoms with Crippen molar-refractivity contribution in [1.29, 1.82) is 0 Å². The molecule has 0 saturated heterocycles. The Morgan fingerprint density at radius 1 is 1.67 bits per heavy atom. The van der Waals surface area contributed by atoms with Crippen molar-refractivity contribution in [1.82, 2.24) is 0 Å². The van der Waals surface area contributed by atoms with Crippen LogP contribution in [-0.2, 0) is 0 Å². The molecule has 0 amide bonds. The maximum absolute atomic E-state index is 8.66. The molecule has 1 aliphatic rings. The lowest BCUT2D eigenvalue weighted by Crippen LogP contribution is -2.10. The fourth-order valence-electron chi connectivity index (χ4n) is 1.33. The van der Waals surface area contributed by atoms with Crippen molar-refractivity contribution in [3.8, 4) is 0 Å². The van der Waals surface area contributed by atoms with Crippen LogP contribution in [0.3, 0.4) is 0 Å². The van der Waals surface area contributed by atoms with Crippen molar-refractivity contribution in [3.05, 3.63) is 12.2 Å². The fourth-order valence-corrected chi connectivity index (χ4v) is 1.33. The van der Waals surface area contributed by atoms with Crippen LogP contribution in [0.1, 0.15) is 26.2 Å². The molecule has 1 N–H and O–H groups in total. The molecule has 0 unspecified atom stereocenters. The van der Waals surface area contributed by atoms with Gasteiger partial charge in [0, 0.05) is 6.61 Å². The Balaban J connectivity index is 2.42. The van der Waals surface area contributed by atoms with E-state index in [0.717, 1.165) is 6.42 Å². The van der Waals surface area contributed by atoms with Crippen molar-refractivity contribution in [3.63, 3.8) is 0 Å². The first kappa shape index (κ1) is 6.81. The Morgan fingerprint density at radius 2 is 2.44 bits per heavy atom. The lowest BCUT2D eigenvalue weighted by atomic mass is 9.87. The molecule has 0 radical (unpaired) electrons. The Labute approximate surface area is 56.4 Å². The van der Waals surface area contributed by atoms with Crippen molar-refractivity contribution in [2.75, 3.05) is 6.61 Å². The molecule has 0 aromatic heterocycles. The second-order valence-electron chi connectivity index (χ2n) is 3.07. The molecule has 1 nitrogen and oxygen atoms in total. The van der Waals surface area contributed by atoms with E-state index in [9.17, 15) is 0 Å². The molecule has 0 bridgehead atoms. The van der Waals surface area contributed by atoms with Crippen LogP contribution in [0.5, 0.6) is 0 Å². The van der Waals surface area contributed by atoms with Crippen LogP contribution in [0.2, 0.25) is 0 Å². The van der Waals surface area contributed by atoms with Gasteiger partial charge in [-0.25, -0.2) is 0 Å². The van der Waals surface area contributed by atoms with Crippen LogP contribution in [0.15, 0.2) is 12.2 Å². The minimum Gasteiger partial charge on any atom is -0.396 e. The van der Waals surface area contributed by atoms with E-state index in [-0.39, 0.29) is 0 Å². The van der Waals surface area contributed by atoms with Crippen LogP contribution < -0.4 is 0 Å². The first-order valence-electron chi connectivity index (χ1n) is 3.55. The smallest absolute Gasteiger partial charge is 0.0439 e. The second kappa shape index (κ2) is 2.53. The fraction of sp³-hybridized carbons (Fsp3) is 0.750. The highest BCUT2D eigenvalue weighted by Crippen LogP contribution is 2.33. The van der Waals surface area contributed by atoms with Crippen molar-refractivity contribution in [2.45, 2.75) is 26.2 Å². The van der Waals surface area contributed by atoms with Crippen molar-refractivity contribution in [2.24, 2.45) is 5.41 Å². The van der Waals surface area contributed by atoms with Gasteiger partial charge >= 0.3 is 0 Å². The summed E-state index contributed by atoms with van der Waals surface area (Å²) in [5.41, 5.74) is 0.314. The highest BCUT2D eigenvalue weighted by molar-refractivity contribution is 5.04. The summed E-state index contributed by atoms with van der Waals surface area (Å²) in [7, 11) is 0. The zero-order valence-electron chi connectivity index (χ0n) is 5.93. The Hall–Kier alpha value is -0.300. The summed E-state index contributed by atoms with van der Waals surface area (Å²) in [5.74, 6) is 0. The minimum absolute atomic E-state index is 0.314. The number of rotatable bonds is 2. The predicted molar refractivity (Wildman–Crippen MR) is 38.2 cm³/mol. The van der Waals surface area contributed by atoms with Crippen molar-refractivity contribution < 1.29 is 5.11 Å². The third-order valence-electron chi connectivity index (χ3n) is 2.09. The van der Waals surface area contributed by atoms with Gasteiger partial charge in [0.2, 0.25) is 0 Å². The van der Waals surface area contributed by atoms with E-state index in [2.05, 4.69) is 19.1 Å². The summed E-state index contributed by atoms with van der Waals surface area (Å²) < 4.78 is 0. The molecular weight excluding hydrogens is 112 g/mol. The maximum atomic E-state index is 8.66. The van der Waals surface area contributed by atoms with Crippen LogP contribution in [-0.4, -0.2) is 11.7 Å². The number of aliphatic hydroxyl groups excluding tert-OH is 1. The maximum Gasteiger partial charge on any atom is 0.0439 e. The summed E-state index contributed by atoms with van der Waals surface area (Å²) >= 11 is 0. The summed E-state index contributed by atoms with van der Waals surface area (Å²) in [4.78, 5) is 0. The lowest BCUT2D eigenvalue weighted by molar-refractivity contribution is 0.229. The molecule has 9 heavy (non-hydrogen) atoms. The number of aliphatic hydroxyl groups is 1.